The van der Waals surface area contributed by atoms with Crippen LogP contribution in [0.15, 0.2) is 36.4 Å². The fraction of sp³-hybridized carbons (Fsp3) is 0.167. The third-order valence-electron chi connectivity index (χ3n) is 3.36. The van der Waals surface area contributed by atoms with Crippen molar-refractivity contribution in [1.82, 2.24) is 0 Å². The molecule has 0 fully saturated rings. The van der Waals surface area contributed by atoms with E-state index in [1.54, 1.807) is 18.2 Å². The number of hydrogen-bond donors (Lipinski definition) is 2. The Morgan fingerprint density at radius 3 is 2.12 bits per heavy atom. The first-order valence-corrected chi connectivity index (χ1v) is 7.04. The number of allylic oxidation sites excluding steroid dienone is 1. The van der Waals surface area contributed by atoms with Gasteiger partial charge in [-0.15, -0.1) is 0 Å². The lowest BCUT2D eigenvalue weighted by molar-refractivity contribution is 0.104. The van der Waals surface area contributed by atoms with Crippen molar-refractivity contribution < 1.29 is 29.2 Å². The summed E-state index contributed by atoms with van der Waals surface area (Å²) in [6, 6.07) is 7.14. The van der Waals surface area contributed by atoms with E-state index in [4.69, 9.17) is 14.2 Å². The van der Waals surface area contributed by atoms with Crippen molar-refractivity contribution in [2.45, 2.75) is 0 Å². The number of phenolic OH excluding ortho intramolecular Hbond substituents is 2. The molecule has 6 heteroatoms. The molecule has 0 bridgehead atoms. The van der Waals surface area contributed by atoms with E-state index >= 15 is 0 Å². The molecule has 2 aromatic rings. The number of rotatable bonds is 6. The zero-order valence-electron chi connectivity index (χ0n) is 13.6. The second kappa shape index (κ2) is 7.41. The number of carbonyl (C=O) groups excluding carboxylic acids is 1. The van der Waals surface area contributed by atoms with Gasteiger partial charge >= 0.3 is 0 Å². The second-order valence-corrected chi connectivity index (χ2v) is 4.86. The smallest absolute Gasteiger partial charge is 0.203 e. The van der Waals surface area contributed by atoms with Gasteiger partial charge in [0, 0.05) is 0 Å². The first-order chi connectivity index (χ1) is 11.5. The number of ether oxygens (including phenoxy) is 3. The van der Waals surface area contributed by atoms with E-state index in [1.165, 1.54) is 45.6 Å². The number of carbonyl (C=O) groups is 1. The molecule has 0 saturated heterocycles. The molecule has 0 aliphatic heterocycles. The Labute approximate surface area is 139 Å². The van der Waals surface area contributed by atoms with Crippen LogP contribution in [0.2, 0.25) is 0 Å². The van der Waals surface area contributed by atoms with Crippen molar-refractivity contribution in [3.63, 3.8) is 0 Å². The average molecular weight is 330 g/mol. The highest BCUT2D eigenvalue weighted by Crippen LogP contribution is 2.38. The average Bonchev–Trinajstić information content (AvgIpc) is 2.60. The fourth-order valence-electron chi connectivity index (χ4n) is 2.18. The molecule has 0 saturated carbocycles. The van der Waals surface area contributed by atoms with Crippen LogP contribution in [-0.2, 0) is 0 Å². The summed E-state index contributed by atoms with van der Waals surface area (Å²) < 4.78 is 15.7. The predicted molar refractivity (Wildman–Crippen MR) is 89.2 cm³/mol. The molecule has 2 aromatic carbocycles. The highest BCUT2D eigenvalue weighted by molar-refractivity contribution is 6.08. The Bertz CT molecular complexity index is 754. The lowest BCUT2D eigenvalue weighted by atomic mass is 10.1. The zero-order chi connectivity index (χ0) is 17.7. The Morgan fingerprint density at radius 2 is 1.58 bits per heavy atom. The molecule has 0 spiro atoms. The lowest BCUT2D eigenvalue weighted by Gasteiger charge is -2.12. The molecule has 0 aliphatic rings. The largest absolute Gasteiger partial charge is 0.508 e. The number of hydrogen-bond acceptors (Lipinski definition) is 6. The van der Waals surface area contributed by atoms with Crippen LogP contribution in [0.5, 0.6) is 28.7 Å². The van der Waals surface area contributed by atoms with E-state index < -0.39 is 5.78 Å². The number of methoxy groups -OCH3 is 3. The van der Waals surface area contributed by atoms with Gasteiger partial charge in [0.1, 0.15) is 11.5 Å². The molecule has 126 valence electrons. The van der Waals surface area contributed by atoms with Crippen molar-refractivity contribution in [2.75, 3.05) is 21.3 Å². The summed E-state index contributed by atoms with van der Waals surface area (Å²) in [5, 5.41) is 19.1. The monoisotopic (exact) mass is 330 g/mol. The highest BCUT2D eigenvalue weighted by atomic mass is 16.5. The number of ketones is 1. The van der Waals surface area contributed by atoms with E-state index in [-0.39, 0.29) is 17.1 Å². The maximum atomic E-state index is 12.2. The van der Waals surface area contributed by atoms with Gasteiger partial charge in [-0.25, -0.2) is 0 Å². The Kier molecular flexibility index (Phi) is 5.31. The molecular formula is C18H18O6. The molecule has 0 heterocycles. The number of phenols is 2. The number of benzene rings is 2. The van der Waals surface area contributed by atoms with Gasteiger partial charge in [0.2, 0.25) is 5.75 Å². The molecule has 2 rings (SSSR count). The van der Waals surface area contributed by atoms with Gasteiger partial charge in [0.05, 0.1) is 26.9 Å². The molecule has 0 unspecified atom stereocenters. The summed E-state index contributed by atoms with van der Waals surface area (Å²) in [7, 11) is 4.51. The number of aromatic hydroxyl groups is 2. The molecule has 0 atom stereocenters. The minimum Gasteiger partial charge on any atom is -0.508 e. The Morgan fingerprint density at radius 1 is 0.958 bits per heavy atom. The van der Waals surface area contributed by atoms with Crippen molar-refractivity contribution in [3.8, 4) is 28.7 Å². The maximum Gasteiger partial charge on any atom is 0.203 e. The minimum atomic E-state index is -0.447. The minimum absolute atomic E-state index is 0.0127. The quantitative estimate of drug-likeness (QED) is 0.481. The lowest BCUT2D eigenvalue weighted by Crippen LogP contribution is -1.96. The van der Waals surface area contributed by atoms with E-state index in [1.807, 2.05) is 0 Å². The van der Waals surface area contributed by atoms with Gasteiger partial charge in [-0.2, -0.15) is 0 Å². The van der Waals surface area contributed by atoms with Gasteiger partial charge in [0.15, 0.2) is 17.3 Å². The van der Waals surface area contributed by atoms with Gasteiger partial charge in [-0.3, -0.25) is 4.79 Å². The normalized spacial score (nSPS) is 10.6. The first kappa shape index (κ1) is 17.2. The van der Waals surface area contributed by atoms with Crippen LogP contribution in [0.4, 0.5) is 0 Å². The summed E-state index contributed by atoms with van der Waals surface area (Å²) in [6.45, 7) is 0. The SMILES string of the molecule is COc1cc(/C=C/C(=O)c2cc(O)ccc2O)cc(OC)c1OC. The maximum absolute atomic E-state index is 12.2. The van der Waals surface area contributed by atoms with Crippen LogP contribution in [0.25, 0.3) is 6.08 Å². The van der Waals surface area contributed by atoms with Crippen LogP contribution in [0.1, 0.15) is 15.9 Å². The summed E-state index contributed by atoms with van der Waals surface area (Å²) in [5.41, 5.74) is 0.663. The van der Waals surface area contributed by atoms with Crippen LogP contribution in [0, 0.1) is 0 Å². The zero-order valence-corrected chi connectivity index (χ0v) is 13.6. The summed E-state index contributed by atoms with van der Waals surface area (Å²) in [4.78, 5) is 12.2. The van der Waals surface area contributed by atoms with E-state index in [2.05, 4.69) is 0 Å². The standard InChI is InChI=1S/C18H18O6/c1-22-16-8-11(9-17(23-2)18(16)24-3)4-6-14(20)13-10-12(19)5-7-15(13)21/h4-10,19,21H,1-3H3/b6-4+. The summed E-state index contributed by atoms with van der Waals surface area (Å²) >= 11 is 0. The van der Waals surface area contributed by atoms with Crippen molar-refractivity contribution in [3.05, 3.63) is 47.5 Å². The van der Waals surface area contributed by atoms with Crippen molar-refractivity contribution >= 4 is 11.9 Å². The molecule has 2 N–H and O–H groups in total. The molecule has 0 aromatic heterocycles. The van der Waals surface area contributed by atoms with Gasteiger partial charge in [0.25, 0.3) is 0 Å². The predicted octanol–water partition coefficient (Wildman–Crippen LogP) is 3.02. The molecule has 0 amide bonds. The molecule has 6 nitrogen and oxygen atoms in total. The summed E-state index contributed by atoms with van der Waals surface area (Å²) in [6.07, 6.45) is 2.84. The van der Waals surface area contributed by atoms with E-state index in [9.17, 15) is 15.0 Å². The van der Waals surface area contributed by atoms with E-state index in [0.29, 0.717) is 22.8 Å². The first-order valence-electron chi connectivity index (χ1n) is 7.04. The van der Waals surface area contributed by atoms with Crippen LogP contribution in [0.3, 0.4) is 0 Å². The van der Waals surface area contributed by atoms with Crippen LogP contribution >= 0.6 is 0 Å². The topological polar surface area (TPSA) is 85.2 Å². The van der Waals surface area contributed by atoms with Crippen molar-refractivity contribution in [1.29, 1.82) is 0 Å². The second-order valence-electron chi connectivity index (χ2n) is 4.86. The van der Waals surface area contributed by atoms with Gasteiger partial charge in [-0.05, 0) is 42.0 Å². The molecule has 0 radical (unpaired) electrons. The fourth-order valence-corrected chi connectivity index (χ4v) is 2.18. The molecule has 0 aliphatic carbocycles. The molecular weight excluding hydrogens is 312 g/mol. The van der Waals surface area contributed by atoms with Crippen molar-refractivity contribution in [2.24, 2.45) is 0 Å². The van der Waals surface area contributed by atoms with Crippen LogP contribution < -0.4 is 14.2 Å². The Balaban J connectivity index is 2.34. The highest BCUT2D eigenvalue weighted by Gasteiger charge is 2.13. The van der Waals surface area contributed by atoms with E-state index in [0.717, 1.165) is 0 Å². The third-order valence-corrected chi connectivity index (χ3v) is 3.36. The van der Waals surface area contributed by atoms with Crippen LogP contribution in [-0.4, -0.2) is 37.3 Å². The van der Waals surface area contributed by atoms with Gasteiger partial charge in [-0.1, -0.05) is 6.08 Å². The molecule has 24 heavy (non-hydrogen) atoms. The third kappa shape index (κ3) is 3.60. The summed E-state index contributed by atoms with van der Waals surface area (Å²) in [5.74, 6) is 0.629. The Hall–Kier alpha value is -3.15. The van der Waals surface area contributed by atoms with Gasteiger partial charge < -0.3 is 24.4 Å².